The van der Waals surface area contributed by atoms with E-state index in [9.17, 15) is 9.59 Å². The number of carbonyl (C=O) groups excluding carboxylic acids is 2. The van der Waals surface area contributed by atoms with Gasteiger partial charge in [0.1, 0.15) is 0 Å². The summed E-state index contributed by atoms with van der Waals surface area (Å²) >= 11 is 0. The summed E-state index contributed by atoms with van der Waals surface area (Å²) in [4.78, 5) is 31.1. The lowest BCUT2D eigenvalue weighted by Gasteiger charge is -2.34. The molecule has 1 aromatic rings. The molecule has 1 unspecified atom stereocenters. The number of urea groups is 1. The maximum atomic E-state index is 11.6. The van der Waals surface area contributed by atoms with Gasteiger partial charge in [0, 0.05) is 39.3 Å². The van der Waals surface area contributed by atoms with Gasteiger partial charge in [-0.25, -0.2) is 4.79 Å². The Kier molecular flexibility index (Phi) is 6.64. The van der Waals surface area contributed by atoms with Crippen LogP contribution in [0.25, 0.3) is 0 Å². The molecule has 2 aliphatic rings. The van der Waals surface area contributed by atoms with E-state index >= 15 is 0 Å². The Morgan fingerprint density at radius 1 is 1.30 bits per heavy atom. The van der Waals surface area contributed by atoms with Crippen LogP contribution in [-0.4, -0.2) is 73.5 Å². The molecule has 1 aromatic carbocycles. The van der Waals surface area contributed by atoms with E-state index in [-0.39, 0.29) is 18.5 Å². The molecule has 0 bridgehead atoms. The zero-order valence-electron chi connectivity index (χ0n) is 15.8. The molecule has 2 heterocycles. The Morgan fingerprint density at radius 3 is 2.81 bits per heavy atom. The lowest BCUT2D eigenvalue weighted by molar-refractivity contribution is -0.124. The van der Waals surface area contributed by atoms with E-state index in [1.54, 1.807) is 7.05 Å². The zero-order valence-corrected chi connectivity index (χ0v) is 15.8. The molecule has 2 fully saturated rings. The summed E-state index contributed by atoms with van der Waals surface area (Å²) in [6.45, 7) is 3.91. The average Bonchev–Trinajstić information content (AvgIpc) is 3.00. The number of nitrogens with zero attached hydrogens (tertiary/aromatic N) is 3. The summed E-state index contributed by atoms with van der Waals surface area (Å²) in [6, 6.07) is 10.5. The van der Waals surface area contributed by atoms with Crippen molar-refractivity contribution in [1.29, 1.82) is 0 Å². The van der Waals surface area contributed by atoms with Gasteiger partial charge in [-0.15, -0.1) is 0 Å². The predicted octanol–water partition coefficient (Wildman–Crippen LogP) is 0.368. The molecular weight excluding hydrogens is 344 g/mol. The molecule has 8 heteroatoms. The number of aliphatic imine (C=N–C) groups is 1. The number of imide groups is 1. The van der Waals surface area contributed by atoms with Crippen LogP contribution >= 0.6 is 0 Å². The van der Waals surface area contributed by atoms with Gasteiger partial charge in [0.2, 0.25) is 5.91 Å². The third-order valence-corrected chi connectivity index (χ3v) is 4.88. The van der Waals surface area contributed by atoms with Crippen LogP contribution in [0.2, 0.25) is 0 Å². The average molecular weight is 372 g/mol. The Morgan fingerprint density at radius 2 is 2.11 bits per heavy atom. The molecule has 0 aromatic heterocycles. The normalized spacial score (nSPS) is 21.3. The summed E-state index contributed by atoms with van der Waals surface area (Å²) in [5.41, 5.74) is 1.33. The number of benzene rings is 1. The molecule has 3 amide bonds. The maximum absolute atomic E-state index is 11.6. The number of amides is 3. The van der Waals surface area contributed by atoms with Crippen molar-refractivity contribution in [2.24, 2.45) is 4.99 Å². The molecule has 3 N–H and O–H groups in total. The second-order valence-electron chi connectivity index (χ2n) is 6.91. The van der Waals surface area contributed by atoms with Gasteiger partial charge in [-0.05, 0) is 24.9 Å². The second kappa shape index (κ2) is 9.36. The van der Waals surface area contributed by atoms with Crippen molar-refractivity contribution in [3.05, 3.63) is 35.9 Å². The number of carbonyl (C=O) groups is 2. The standard InChI is InChI=1S/C19H28N6O2/c1-20-18(21-9-11-25-17(26)12-22-19(25)27)23-16-8-5-10-24(14-16)13-15-6-3-2-4-7-15/h2-4,6-7,16H,5,8-14H2,1H3,(H,22,27)(H2,20,21,23). The summed E-state index contributed by atoms with van der Waals surface area (Å²) in [5, 5.41) is 9.18. The molecule has 146 valence electrons. The van der Waals surface area contributed by atoms with Crippen molar-refractivity contribution in [2.45, 2.75) is 25.4 Å². The van der Waals surface area contributed by atoms with E-state index in [4.69, 9.17) is 0 Å². The van der Waals surface area contributed by atoms with Gasteiger partial charge in [-0.2, -0.15) is 0 Å². The minimum absolute atomic E-state index is 0.0884. The van der Waals surface area contributed by atoms with Gasteiger partial charge in [0.25, 0.3) is 0 Å². The molecule has 0 spiro atoms. The van der Waals surface area contributed by atoms with E-state index in [1.807, 2.05) is 6.07 Å². The van der Waals surface area contributed by atoms with E-state index in [0.717, 1.165) is 32.5 Å². The number of guanidine groups is 1. The summed E-state index contributed by atoms with van der Waals surface area (Å²) in [5.74, 6) is 0.516. The van der Waals surface area contributed by atoms with Crippen LogP contribution in [0.3, 0.4) is 0 Å². The van der Waals surface area contributed by atoms with E-state index in [2.05, 4.69) is 50.1 Å². The number of hydrogen-bond donors (Lipinski definition) is 3. The summed E-state index contributed by atoms with van der Waals surface area (Å²) in [7, 11) is 1.73. The van der Waals surface area contributed by atoms with Crippen LogP contribution in [0, 0.1) is 0 Å². The number of hydrogen-bond acceptors (Lipinski definition) is 4. The van der Waals surface area contributed by atoms with Crippen molar-refractivity contribution in [2.75, 3.05) is 39.8 Å². The highest BCUT2D eigenvalue weighted by Gasteiger charge is 2.27. The molecular formula is C19H28N6O2. The minimum Gasteiger partial charge on any atom is -0.355 e. The van der Waals surface area contributed by atoms with Crippen molar-refractivity contribution in [3.63, 3.8) is 0 Å². The fraction of sp³-hybridized carbons (Fsp3) is 0.526. The van der Waals surface area contributed by atoms with E-state index in [0.29, 0.717) is 25.1 Å². The number of nitrogens with one attached hydrogen (secondary N) is 3. The highest BCUT2D eigenvalue weighted by molar-refractivity contribution is 6.01. The van der Waals surface area contributed by atoms with Crippen LogP contribution in [0.4, 0.5) is 4.79 Å². The molecule has 0 radical (unpaired) electrons. The van der Waals surface area contributed by atoms with Crippen molar-refractivity contribution < 1.29 is 9.59 Å². The third kappa shape index (κ3) is 5.43. The van der Waals surface area contributed by atoms with Gasteiger partial charge in [0.05, 0.1) is 6.54 Å². The van der Waals surface area contributed by atoms with Crippen LogP contribution in [0.5, 0.6) is 0 Å². The monoisotopic (exact) mass is 372 g/mol. The van der Waals surface area contributed by atoms with Crippen LogP contribution in [0.15, 0.2) is 35.3 Å². The molecule has 27 heavy (non-hydrogen) atoms. The summed E-state index contributed by atoms with van der Waals surface area (Å²) in [6.07, 6.45) is 2.24. The van der Waals surface area contributed by atoms with Crippen molar-refractivity contribution in [1.82, 2.24) is 25.8 Å². The Balaban J connectivity index is 1.43. The second-order valence-corrected chi connectivity index (χ2v) is 6.91. The smallest absolute Gasteiger partial charge is 0.324 e. The molecule has 1 atom stereocenters. The van der Waals surface area contributed by atoms with Gasteiger partial charge in [-0.1, -0.05) is 30.3 Å². The first-order valence-corrected chi connectivity index (χ1v) is 9.47. The highest BCUT2D eigenvalue weighted by Crippen LogP contribution is 2.13. The van der Waals surface area contributed by atoms with Gasteiger partial charge in [-0.3, -0.25) is 19.6 Å². The highest BCUT2D eigenvalue weighted by atomic mass is 16.2. The molecule has 3 rings (SSSR count). The first-order valence-electron chi connectivity index (χ1n) is 9.47. The molecule has 8 nitrogen and oxygen atoms in total. The quantitative estimate of drug-likeness (QED) is 0.381. The minimum atomic E-state index is -0.325. The van der Waals surface area contributed by atoms with E-state index < -0.39 is 0 Å². The Hall–Kier alpha value is -2.61. The fourth-order valence-corrected chi connectivity index (χ4v) is 3.51. The molecule has 2 saturated heterocycles. The van der Waals surface area contributed by atoms with Gasteiger partial charge < -0.3 is 16.0 Å². The largest absolute Gasteiger partial charge is 0.355 e. The fourth-order valence-electron chi connectivity index (χ4n) is 3.51. The van der Waals surface area contributed by atoms with Crippen molar-refractivity contribution in [3.8, 4) is 0 Å². The molecule has 2 aliphatic heterocycles. The first-order chi connectivity index (χ1) is 13.2. The van der Waals surface area contributed by atoms with Crippen LogP contribution < -0.4 is 16.0 Å². The number of piperidine rings is 1. The Bertz CT molecular complexity index is 662. The third-order valence-electron chi connectivity index (χ3n) is 4.88. The SMILES string of the molecule is CN=C(NCCN1C(=O)CNC1=O)NC1CCCN(Cc2ccccc2)C1. The summed E-state index contributed by atoms with van der Waals surface area (Å²) < 4.78 is 0. The van der Waals surface area contributed by atoms with Gasteiger partial charge in [0.15, 0.2) is 5.96 Å². The Labute approximate surface area is 160 Å². The van der Waals surface area contributed by atoms with Gasteiger partial charge >= 0.3 is 6.03 Å². The predicted molar refractivity (Wildman–Crippen MR) is 104 cm³/mol. The molecule has 0 aliphatic carbocycles. The lowest BCUT2D eigenvalue weighted by Crippen LogP contribution is -2.52. The number of likely N-dealkylation sites (tertiary alicyclic amines) is 1. The van der Waals surface area contributed by atoms with Crippen LogP contribution in [-0.2, 0) is 11.3 Å². The first kappa shape index (κ1) is 19.2. The zero-order chi connectivity index (χ0) is 19.1. The topological polar surface area (TPSA) is 89.1 Å². The molecule has 0 saturated carbocycles. The lowest BCUT2D eigenvalue weighted by atomic mass is 10.0. The number of rotatable bonds is 6. The van der Waals surface area contributed by atoms with Crippen molar-refractivity contribution >= 4 is 17.9 Å². The van der Waals surface area contributed by atoms with E-state index in [1.165, 1.54) is 10.5 Å². The van der Waals surface area contributed by atoms with Crippen LogP contribution in [0.1, 0.15) is 18.4 Å². The maximum Gasteiger partial charge on any atom is 0.324 e.